The van der Waals surface area contributed by atoms with Gasteiger partial charge in [-0.1, -0.05) is 36.4 Å². The number of hydrogen-bond donors (Lipinski definition) is 1. The third-order valence-corrected chi connectivity index (χ3v) is 3.52. The zero-order chi connectivity index (χ0) is 15.7. The quantitative estimate of drug-likeness (QED) is 0.664. The van der Waals surface area contributed by atoms with Gasteiger partial charge in [-0.2, -0.15) is 0 Å². The zero-order valence-electron chi connectivity index (χ0n) is 13.0. The highest BCUT2D eigenvalue weighted by Gasteiger charge is 1.99. The minimum absolute atomic E-state index is 0.826. The molecule has 1 heterocycles. The number of aromatic nitrogens is 1. The maximum atomic E-state index is 5.86. The third-order valence-electron chi connectivity index (χ3n) is 3.52. The summed E-state index contributed by atoms with van der Waals surface area (Å²) in [6, 6.07) is 22.1. The molecule has 3 aromatic rings. The van der Waals surface area contributed by atoms with Crippen molar-refractivity contribution in [3.63, 3.8) is 0 Å². The summed E-state index contributed by atoms with van der Waals surface area (Å²) in [7, 11) is 0. The second-order valence-corrected chi connectivity index (χ2v) is 5.35. The summed E-state index contributed by atoms with van der Waals surface area (Å²) < 4.78 is 5.86. The predicted molar refractivity (Wildman–Crippen MR) is 92.6 cm³/mol. The van der Waals surface area contributed by atoms with Crippen molar-refractivity contribution >= 4 is 0 Å². The Balaban J connectivity index is 1.49. The van der Waals surface area contributed by atoms with Gasteiger partial charge in [0.05, 0.1) is 0 Å². The van der Waals surface area contributed by atoms with Crippen LogP contribution in [0.1, 0.15) is 11.1 Å². The highest BCUT2D eigenvalue weighted by molar-refractivity contribution is 5.33. The van der Waals surface area contributed by atoms with Crippen molar-refractivity contribution in [3.8, 4) is 11.5 Å². The SMILES string of the molecule is c1ccc(Oc2cccc(CNCCc3cccnc3)c2)cc1. The fraction of sp³-hybridized carbons (Fsp3) is 0.150. The summed E-state index contributed by atoms with van der Waals surface area (Å²) in [6.07, 6.45) is 4.69. The van der Waals surface area contributed by atoms with Crippen LogP contribution in [-0.2, 0) is 13.0 Å². The van der Waals surface area contributed by atoms with Gasteiger partial charge in [0.2, 0.25) is 0 Å². The van der Waals surface area contributed by atoms with Crippen LogP contribution in [-0.4, -0.2) is 11.5 Å². The molecule has 0 saturated carbocycles. The Bertz CT molecular complexity index is 714. The minimum Gasteiger partial charge on any atom is -0.457 e. The Morgan fingerprint density at radius 3 is 2.48 bits per heavy atom. The van der Waals surface area contributed by atoms with Gasteiger partial charge in [0.1, 0.15) is 11.5 Å². The van der Waals surface area contributed by atoms with Crippen molar-refractivity contribution < 1.29 is 4.74 Å². The van der Waals surface area contributed by atoms with E-state index in [0.29, 0.717) is 0 Å². The van der Waals surface area contributed by atoms with Gasteiger partial charge in [0.25, 0.3) is 0 Å². The summed E-state index contributed by atoms with van der Waals surface area (Å²) in [5.74, 6) is 1.72. The fourth-order valence-corrected chi connectivity index (χ4v) is 2.36. The predicted octanol–water partition coefficient (Wildman–Crippen LogP) is 4.21. The molecule has 3 nitrogen and oxygen atoms in total. The molecular weight excluding hydrogens is 284 g/mol. The van der Waals surface area contributed by atoms with E-state index in [2.05, 4.69) is 28.5 Å². The Kier molecular flexibility index (Phi) is 5.38. The van der Waals surface area contributed by atoms with Gasteiger partial charge in [-0.3, -0.25) is 4.98 Å². The van der Waals surface area contributed by atoms with Gasteiger partial charge in [-0.05, 0) is 54.4 Å². The number of rotatable bonds is 7. The molecule has 0 fully saturated rings. The van der Waals surface area contributed by atoms with E-state index < -0.39 is 0 Å². The Hall–Kier alpha value is -2.65. The van der Waals surface area contributed by atoms with Gasteiger partial charge in [-0.15, -0.1) is 0 Å². The van der Waals surface area contributed by atoms with E-state index in [0.717, 1.165) is 31.0 Å². The monoisotopic (exact) mass is 304 g/mol. The average Bonchev–Trinajstić information content (AvgIpc) is 2.61. The number of pyridine rings is 1. The number of nitrogens with zero attached hydrogens (tertiary/aromatic N) is 1. The van der Waals surface area contributed by atoms with Crippen LogP contribution in [0, 0.1) is 0 Å². The van der Waals surface area contributed by atoms with E-state index in [1.807, 2.05) is 54.7 Å². The molecule has 1 N–H and O–H groups in total. The summed E-state index contributed by atoms with van der Waals surface area (Å²) in [6.45, 7) is 1.75. The smallest absolute Gasteiger partial charge is 0.127 e. The normalized spacial score (nSPS) is 10.4. The second-order valence-electron chi connectivity index (χ2n) is 5.35. The molecule has 0 aliphatic carbocycles. The lowest BCUT2D eigenvalue weighted by Gasteiger charge is -2.09. The first-order valence-corrected chi connectivity index (χ1v) is 7.81. The van der Waals surface area contributed by atoms with Crippen LogP contribution < -0.4 is 10.1 Å². The van der Waals surface area contributed by atoms with Crippen molar-refractivity contribution in [2.75, 3.05) is 6.54 Å². The van der Waals surface area contributed by atoms with E-state index in [1.165, 1.54) is 11.1 Å². The second kappa shape index (κ2) is 8.11. The van der Waals surface area contributed by atoms with Crippen LogP contribution in [0.3, 0.4) is 0 Å². The fourth-order valence-electron chi connectivity index (χ4n) is 2.36. The number of benzene rings is 2. The Labute approximate surface area is 137 Å². The van der Waals surface area contributed by atoms with Crippen molar-refractivity contribution in [1.29, 1.82) is 0 Å². The van der Waals surface area contributed by atoms with Crippen LogP contribution >= 0.6 is 0 Å². The average molecular weight is 304 g/mol. The molecule has 0 amide bonds. The van der Waals surface area contributed by atoms with Gasteiger partial charge >= 0.3 is 0 Å². The summed E-state index contributed by atoms with van der Waals surface area (Å²) in [4.78, 5) is 4.13. The molecule has 0 aliphatic rings. The molecule has 0 spiro atoms. The topological polar surface area (TPSA) is 34.1 Å². The van der Waals surface area contributed by atoms with E-state index >= 15 is 0 Å². The highest BCUT2D eigenvalue weighted by Crippen LogP contribution is 2.21. The highest BCUT2D eigenvalue weighted by atomic mass is 16.5. The molecule has 3 heteroatoms. The van der Waals surface area contributed by atoms with Gasteiger partial charge in [0.15, 0.2) is 0 Å². The molecule has 116 valence electrons. The van der Waals surface area contributed by atoms with Crippen molar-refractivity contribution in [3.05, 3.63) is 90.3 Å². The van der Waals surface area contributed by atoms with Crippen molar-refractivity contribution in [1.82, 2.24) is 10.3 Å². The molecule has 1 aromatic heterocycles. The molecule has 0 atom stereocenters. The summed E-state index contributed by atoms with van der Waals surface area (Å²) in [5, 5.41) is 3.46. The van der Waals surface area contributed by atoms with Crippen LogP contribution in [0.4, 0.5) is 0 Å². The minimum atomic E-state index is 0.826. The van der Waals surface area contributed by atoms with Crippen LogP contribution in [0.15, 0.2) is 79.1 Å². The molecular formula is C20H20N2O. The summed E-state index contributed by atoms with van der Waals surface area (Å²) in [5.41, 5.74) is 2.46. The van der Waals surface area contributed by atoms with Crippen LogP contribution in [0.2, 0.25) is 0 Å². The third kappa shape index (κ3) is 4.94. The van der Waals surface area contributed by atoms with E-state index in [-0.39, 0.29) is 0 Å². The summed E-state index contributed by atoms with van der Waals surface area (Å²) >= 11 is 0. The Morgan fingerprint density at radius 1 is 0.826 bits per heavy atom. The molecule has 0 bridgehead atoms. The molecule has 0 radical (unpaired) electrons. The first-order chi connectivity index (χ1) is 11.4. The van der Waals surface area contributed by atoms with Crippen LogP contribution in [0.5, 0.6) is 11.5 Å². The van der Waals surface area contributed by atoms with Crippen LogP contribution in [0.25, 0.3) is 0 Å². The maximum absolute atomic E-state index is 5.86. The van der Waals surface area contributed by atoms with Gasteiger partial charge in [0, 0.05) is 18.9 Å². The van der Waals surface area contributed by atoms with E-state index in [9.17, 15) is 0 Å². The first-order valence-electron chi connectivity index (χ1n) is 7.81. The van der Waals surface area contributed by atoms with Crippen molar-refractivity contribution in [2.45, 2.75) is 13.0 Å². The number of ether oxygens (including phenoxy) is 1. The number of hydrogen-bond acceptors (Lipinski definition) is 3. The van der Waals surface area contributed by atoms with E-state index in [4.69, 9.17) is 4.74 Å². The number of nitrogens with one attached hydrogen (secondary N) is 1. The van der Waals surface area contributed by atoms with Crippen molar-refractivity contribution in [2.24, 2.45) is 0 Å². The molecule has 2 aromatic carbocycles. The Morgan fingerprint density at radius 2 is 1.65 bits per heavy atom. The molecule has 0 unspecified atom stereocenters. The number of para-hydroxylation sites is 1. The lowest BCUT2D eigenvalue weighted by atomic mass is 10.2. The lowest BCUT2D eigenvalue weighted by Crippen LogP contribution is -2.16. The molecule has 23 heavy (non-hydrogen) atoms. The van der Waals surface area contributed by atoms with E-state index in [1.54, 1.807) is 6.20 Å². The largest absolute Gasteiger partial charge is 0.457 e. The standard InChI is InChI=1S/C20H20N2O/c1-2-8-19(9-3-1)23-20-10-4-6-18(14-20)16-22-13-11-17-7-5-12-21-15-17/h1-10,12,14-15,22H,11,13,16H2. The molecule has 0 aliphatic heterocycles. The van der Waals surface area contributed by atoms with Gasteiger partial charge < -0.3 is 10.1 Å². The first kappa shape index (κ1) is 15.3. The molecule has 0 saturated heterocycles. The van der Waals surface area contributed by atoms with Gasteiger partial charge in [-0.25, -0.2) is 0 Å². The maximum Gasteiger partial charge on any atom is 0.127 e. The zero-order valence-corrected chi connectivity index (χ0v) is 13.0. The molecule has 3 rings (SSSR count). The lowest BCUT2D eigenvalue weighted by molar-refractivity contribution is 0.481.